The van der Waals surface area contributed by atoms with Crippen LogP contribution < -0.4 is 21.5 Å². The fraction of sp³-hybridized carbons (Fsp3) is 0.500. The molecule has 3 heterocycles. The number of nitrogens with zero attached hydrogens (tertiary/aromatic N) is 4. The molecule has 16 nitrogen and oxygen atoms in total. The van der Waals surface area contributed by atoms with Gasteiger partial charge in [0.05, 0.1) is 6.61 Å². The Labute approximate surface area is 156 Å². The van der Waals surface area contributed by atoms with Crippen LogP contribution >= 0.6 is 15.6 Å². The van der Waals surface area contributed by atoms with Crippen molar-refractivity contribution in [1.82, 2.24) is 15.0 Å². The molecule has 18 heteroatoms. The highest BCUT2D eigenvalue weighted by molar-refractivity contribution is 7.61. The first-order chi connectivity index (χ1) is 13.0. The number of nitrogens with two attached hydrogens (primary N) is 1. The second kappa shape index (κ2) is 7.70. The van der Waals surface area contributed by atoms with Gasteiger partial charge in [-0.25, -0.2) is 20.0 Å². The van der Waals surface area contributed by atoms with Gasteiger partial charge in [0.25, 0.3) is 17.8 Å². The van der Waals surface area contributed by atoms with Crippen molar-refractivity contribution in [3.05, 3.63) is 6.33 Å². The molecule has 2 aliphatic rings. The number of rotatable bonds is 7. The summed E-state index contributed by atoms with van der Waals surface area (Å²) in [5, 5.41) is 20.4. The Kier molecular flexibility index (Phi) is 5.82. The van der Waals surface area contributed by atoms with Crippen molar-refractivity contribution in [3.8, 4) is 0 Å². The van der Waals surface area contributed by atoms with Crippen molar-refractivity contribution in [2.24, 2.45) is 0 Å². The molecule has 3 rings (SSSR count). The third kappa shape index (κ3) is 4.22. The average Bonchev–Trinajstić information content (AvgIpc) is 3.16. The molecule has 9 N–H and O–H groups in total. The summed E-state index contributed by atoms with van der Waals surface area (Å²) in [5.41, 5.74) is 5.93. The van der Waals surface area contributed by atoms with Gasteiger partial charge >= 0.3 is 15.6 Å². The Morgan fingerprint density at radius 2 is 2.00 bits per heavy atom. The number of aromatic nitrogens is 2. The molecule has 1 radical (unpaired) electrons. The molecule has 1 aromatic rings. The van der Waals surface area contributed by atoms with Crippen LogP contribution in [0.25, 0.3) is 0 Å². The van der Waals surface area contributed by atoms with E-state index in [1.807, 2.05) is 0 Å². The van der Waals surface area contributed by atoms with Crippen LogP contribution in [-0.4, -0.2) is 67.5 Å². The first kappa shape index (κ1) is 21.2. The number of quaternary nitrogens is 1. The summed E-state index contributed by atoms with van der Waals surface area (Å²) in [4.78, 5) is 31.5. The number of hydrogen-bond acceptors (Lipinski definition) is 13. The Morgan fingerprint density at radius 1 is 1.29 bits per heavy atom. The molecule has 28 heavy (non-hydrogen) atoms. The molecule has 0 saturated carbocycles. The zero-order valence-corrected chi connectivity index (χ0v) is 15.7. The van der Waals surface area contributed by atoms with Gasteiger partial charge in [-0.05, 0) is 4.99 Å². The van der Waals surface area contributed by atoms with E-state index in [1.54, 1.807) is 0 Å². The van der Waals surface area contributed by atoms with Gasteiger partial charge in [0.15, 0.2) is 5.82 Å². The van der Waals surface area contributed by atoms with Crippen LogP contribution in [0.2, 0.25) is 0 Å². The standard InChI is InChI=1S/C10H16N6O10P2/c11-8-5-9(14-2-13-8)16(3-15-5)10-7(18)6(17)4(24-10)1-23-27(19,20)26-28(21,22)25-12/h2-4,6-7,10,17-18H,1H2,12H3,(H3-,11,13,14,19,20,21,22)/q+1/p+1/t4-,6-,7-,10-/m1/s1. The molecule has 155 valence electrons. The average molecular weight is 443 g/mol. The van der Waals surface area contributed by atoms with Gasteiger partial charge in [0.1, 0.15) is 24.6 Å². The SMILES string of the molecule is Nc1ncnc2c1[N+]=CN2[C@@H]1O[C@H](COP(=O)(O)OP(=O)(O)O[NH3+])[C@@H](O)[C@H]1O. The number of hydrogen-bond donors (Lipinski definition) is 6. The van der Waals surface area contributed by atoms with E-state index in [-0.39, 0.29) is 17.3 Å². The third-order valence-electron chi connectivity index (χ3n) is 3.77. The second-order valence-electron chi connectivity index (χ2n) is 5.57. The number of phosphoric acid groups is 2. The first-order valence-electron chi connectivity index (χ1n) is 7.44. The molecule has 1 fully saturated rings. The van der Waals surface area contributed by atoms with E-state index in [1.165, 1.54) is 17.6 Å². The van der Waals surface area contributed by atoms with E-state index in [0.29, 0.717) is 0 Å². The molecule has 0 spiro atoms. The lowest BCUT2D eigenvalue weighted by Gasteiger charge is -2.18. The third-order valence-corrected chi connectivity index (χ3v) is 6.22. The van der Waals surface area contributed by atoms with Crippen LogP contribution in [0.3, 0.4) is 0 Å². The maximum Gasteiger partial charge on any atom is 0.527 e. The maximum atomic E-state index is 11.7. The normalized spacial score (nSPS) is 30.8. The number of ether oxygens (including phenoxy) is 1. The van der Waals surface area contributed by atoms with Crippen molar-refractivity contribution in [1.29, 1.82) is 0 Å². The number of aliphatic hydroxyl groups is 2. The molecular formula is C10H17N6O10P2+2. The zero-order valence-electron chi connectivity index (χ0n) is 13.9. The highest BCUT2D eigenvalue weighted by Gasteiger charge is 2.52. The number of aliphatic imine (C=N–C) groups is 1. The van der Waals surface area contributed by atoms with Gasteiger partial charge in [0.2, 0.25) is 6.23 Å². The number of aliphatic hydroxyl groups excluding tert-OH is 2. The number of phosphoric ester groups is 1. The molecule has 2 aliphatic heterocycles. The Morgan fingerprint density at radius 3 is 2.68 bits per heavy atom. The summed E-state index contributed by atoms with van der Waals surface area (Å²) in [6.45, 7) is -0.774. The number of fused-ring (bicyclic) bond motifs is 1. The van der Waals surface area contributed by atoms with E-state index in [0.717, 1.165) is 0 Å². The van der Waals surface area contributed by atoms with Gasteiger partial charge < -0.3 is 25.6 Å². The van der Waals surface area contributed by atoms with Crippen LogP contribution in [0, 0.1) is 0 Å². The summed E-state index contributed by atoms with van der Waals surface area (Å²) in [7, 11) is -9.97. The Bertz CT molecular complexity index is 871. The first-order valence-corrected chi connectivity index (χ1v) is 10.4. The van der Waals surface area contributed by atoms with Crippen molar-refractivity contribution in [2.75, 3.05) is 17.2 Å². The molecular weight excluding hydrogens is 426 g/mol. The molecule has 6 atom stereocenters. The summed E-state index contributed by atoms with van der Waals surface area (Å²) in [6.07, 6.45) is -3.10. The minimum absolute atomic E-state index is 0.0936. The van der Waals surface area contributed by atoms with Crippen LogP contribution in [0.5, 0.6) is 0 Å². The summed E-state index contributed by atoms with van der Waals surface area (Å²) in [6, 6.07) is 0. The maximum absolute atomic E-state index is 11.7. The van der Waals surface area contributed by atoms with Crippen molar-refractivity contribution >= 4 is 39.3 Å². The van der Waals surface area contributed by atoms with Gasteiger partial charge in [-0.15, -0.1) is 0 Å². The molecule has 0 aliphatic carbocycles. The highest BCUT2D eigenvalue weighted by atomic mass is 31.3. The Balaban J connectivity index is 1.68. The number of anilines is 2. The predicted molar refractivity (Wildman–Crippen MR) is 88.1 cm³/mol. The molecule has 2 unspecified atom stereocenters. The quantitative estimate of drug-likeness (QED) is 0.179. The lowest BCUT2D eigenvalue weighted by atomic mass is 10.1. The highest BCUT2D eigenvalue weighted by Crippen LogP contribution is 2.59. The van der Waals surface area contributed by atoms with Gasteiger partial charge in [0, 0.05) is 0 Å². The van der Waals surface area contributed by atoms with Crippen LogP contribution in [0.15, 0.2) is 6.33 Å². The molecule has 0 amide bonds. The zero-order chi connectivity index (χ0) is 20.7. The van der Waals surface area contributed by atoms with E-state index in [4.69, 9.17) is 15.4 Å². The van der Waals surface area contributed by atoms with Crippen molar-refractivity contribution in [2.45, 2.75) is 24.5 Å². The van der Waals surface area contributed by atoms with Crippen molar-refractivity contribution < 1.29 is 53.2 Å². The number of nitrogen functional groups attached to an aromatic ring is 1. The molecule has 1 aromatic heterocycles. The van der Waals surface area contributed by atoms with E-state index < -0.39 is 46.8 Å². The lowest BCUT2D eigenvalue weighted by molar-refractivity contribution is -0.642. The summed E-state index contributed by atoms with van der Waals surface area (Å²) in [5.74, 6) is 2.93. The van der Waals surface area contributed by atoms with Crippen molar-refractivity contribution in [3.63, 3.8) is 0 Å². The monoisotopic (exact) mass is 443 g/mol. The molecule has 1 saturated heterocycles. The van der Waals surface area contributed by atoms with Crippen LogP contribution in [0.4, 0.5) is 17.3 Å². The van der Waals surface area contributed by atoms with E-state index in [2.05, 4.69) is 34.3 Å². The fourth-order valence-corrected chi connectivity index (χ4v) is 4.25. The molecule has 0 aromatic carbocycles. The predicted octanol–water partition coefficient (Wildman–Crippen LogP) is -3.27. The summed E-state index contributed by atoms with van der Waals surface area (Å²) >= 11 is 0. The smallest absolute Gasteiger partial charge is 0.387 e. The second-order valence-corrected chi connectivity index (χ2v) is 8.62. The van der Waals surface area contributed by atoms with Crippen LogP contribution in [0.1, 0.15) is 0 Å². The minimum atomic E-state index is -5.06. The lowest BCUT2D eigenvalue weighted by Crippen LogP contribution is -2.47. The largest absolute Gasteiger partial charge is 0.527 e. The Hall–Kier alpha value is -1.55. The van der Waals surface area contributed by atoms with Gasteiger partial charge in [-0.2, -0.15) is 14.2 Å². The summed E-state index contributed by atoms with van der Waals surface area (Å²) < 4.78 is 40.5. The topological polar surface area (TPSA) is 249 Å². The van der Waals surface area contributed by atoms with E-state index in [9.17, 15) is 24.2 Å². The van der Waals surface area contributed by atoms with E-state index >= 15 is 0 Å². The van der Waals surface area contributed by atoms with Gasteiger partial charge in [-0.3, -0.25) is 9.42 Å². The van der Waals surface area contributed by atoms with Crippen LogP contribution in [-0.2, 0) is 27.3 Å². The van der Waals surface area contributed by atoms with Gasteiger partial charge in [-0.1, -0.05) is 4.62 Å². The minimum Gasteiger partial charge on any atom is -0.387 e. The fourth-order valence-electron chi connectivity index (χ4n) is 2.50. The molecule has 0 bridgehead atoms.